The van der Waals surface area contributed by atoms with Crippen LogP contribution < -0.4 is 9.47 Å². The Hall–Kier alpha value is -2.36. The minimum absolute atomic E-state index is 0.0535. The van der Waals surface area contributed by atoms with Crippen LogP contribution in [0, 0.1) is 6.92 Å². The standard InChI is InChI=1S/C16H17NO3/c1-11-4-9-15(12(2)18)16(17-11)20-10-13-5-7-14(19-3)8-6-13/h4-9H,10H2,1-3H3. The molecule has 2 aromatic rings. The molecule has 0 aliphatic carbocycles. The van der Waals surface area contributed by atoms with E-state index in [1.807, 2.05) is 31.2 Å². The third-order valence-corrected chi connectivity index (χ3v) is 2.91. The van der Waals surface area contributed by atoms with Gasteiger partial charge in [-0.15, -0.1) is 0 Å². The van der Waals surface area contributed by atoms with Crippen LogP contribution in [-0.4, -0.2) is 17.9 Å². The van der Waals surface area contributed by atoms with Crippen LogP contribution in [0.15, 0.2) is 36.4 Å². The second-order valence-corrected chi connectivity index (χ2v) is 4.50. The van der Waals surface area contributed by atoms with Gasteiger partial charge in [0.2, 0.25) is 5.88 Å². The molecule has 1 aromatic carbocycles. The molecule has 0 saturated heterocycles. The number of nitrogens with zero attached hydrogens (tertiary/aromatic N) is 1. The number of methoxy groups -OCH3 is 1. The molecule has 1 aromatic heterocycles. The summed E-state index contributed by atoms with van der Waals surface area (Å²) >= 11 is 0. The number of Topliss-reactive ketones (excluding diaryl/α,β-unsaturated/α-hetero) is 1. The average molecular weight is 271 g/mol. The first kappa shape index (κ1) is 14.1. The van der Waals surface area contributed by atoms with E-state index in [1.165, 1.54) is 6.92 Å². The smallest absolute Gasteiger partial charge is 0.224 e. The monoisotopic (exact) mass is 271 g/mol. The van der Waals surface area contributed by atoms with Gasteiger partial charge < -0.3 is 9.47 Å². The molecular weight excluding hydrogens is 254 g/mol. The highest BCUT2D eigenvalue weighted by molar-refractivity contribution is 5.96. The van der Waals surface area contributed by atoms with Gasteiger partial charge in [0.25, 0.3) is 0 Å². The molecule has 20 heavy (non-hydrogen) atoms. The molecule has 0 bridgehead atoms. The molecule has 0 fully saturated rings. The van der Waals surface area contributed by atoms with Crippen LogP contribution in [0.4, 0.5) is 0 Å². The van der Waals surface area contributed by atoms with Gasteiger partial charge in [-0.3, -0.25) is 4.79 Å². The number of aromatic nitrogens is 1. The Kier molecular flexibility index (Phi) is 4.35. The number of hydrogen-bond acceptors (Lipinski definition) is 4. The highest BCUT2D eigenvalue weighted by Gasteiger charge is 2.10. The largest absolute Gasteiger partial charge is 0.497 e. The third kappa shape index (κ3) is 3.35. The van der Waals surface area contributed by atoms with E-state index in [4.69, 9.17) is 9.47 Å². The number of rotatable bonds is 5. The Morgan fingerprint density at radius 3 is 2.45 bits per heavy atom. The Morgan fingerprint density at radius 2 is 1.85 bits per heavy atom. The fourth-order valence-corrected chi connectivity index (χ4v) is 1.78. The number of ketones is 1. The summed E-state index contributed by atoms with van der Waals surface area (Å²) in [5.74, 6) is 1.13. The van der Waals surface area contributed by atoms with Gasteiger partial charge in [-0.2, -0.15) is 0 Å². The Labute approximate surface area is 118 Å². The first-order valence-corrected chi connectivity index (χ1v) is 6.34. The molecule has 0 unspecified atom stereocenters. The zero-order valence-corrected chi connectivity index (χ0v) is 11.8. The SMILES string of the molecule is COc1ccc(COc2nc(C)ccc2C(C)=O)cc1. The van der Waals surface area contributed by atoms with Crippen molar-refractivity contribution in [1.82, 2.24) is 4.98 Å². The molecule has 4 heteroatoms. The number of ether oxygens (including phenoxy) is 2. The molecule has 104 valence electrons. The van der Waals surface area contributed by atoms with Crippen molar-refractivity contribution in [1.29, 1.82) is 0 Å². The number of hydrogen-bond donors (Lipinski definition) is 0. The lowest BCUT2D eigenvalue weighted by Gasteiger charge is -2.10. The van der Waals surface area contributed by atoms with Crippen molar-refractivity contribution in [2.45, 2.75) is 20.5 Å². The summed E-state index contributed by atoms with van der Waals surface area (Å²) in [7, 11) is 1.63. The molecule has 0 N–H and O–H groups in total. The second-order valence-electron chi connectivity index (χ2n) is 4.50. The normalized spacial score (nSPS) is 10.2. The topological polar surface area (TPSA) is 48.4 Å². The Bertz CT molecular complexity index is 606. The molecule has 0 saturated carbocycles. The molecular formula is C16H17NO3. The highest BCUT2D eigenvalue weighted by Crippen LogP contribution is 2.19. The summed E-state index contributed by atoms with van der Waals surface area (Å²) in [6.07, 6.45) is 0. The van der Waals surface area contributed by atoms with Crippen molar-refractivity contribution in [2.24, 2.45) is 0 Å². The highest BCUT2D eigenvalue weighted by atomic mass is 16.5. The summed E-state index contributed by atoms with van der Waals surface area (Å²) in [6, 6.07) is 11.1. The van der Waals surface area contributed by atoms with Gasteiger partial charge in [0.15, 0.2) is 5.78 Å². The van der Waals surface area contributed by atoms with Crippen molar-refractivity contribution >= 4 is 5.78 Å². The quantitative estimate of drug-likeness (QED) is 0.784. The molecule has 0 aliphatic heterocycles. The van der Waals surface area contributed by atoms with Gasteiger partial charge >= 0.3 is 0 Å². The summed E-state index contributed by atoms with van der Waals surface area (Å²) < 4.78 is 10.8. The van der Waals surface area contributed by atoms with Crippen LogP contribution in [-0.2, 0) is 6.61 Å². The molecule has 0 atom stereocenters. The van der Waals surface area contributed by atoms with Gasteiger partial charge in [0.05, 0.1) is 12.7 Å². The summed E-state index contributed by atoms with van der Waals surface area (Å²) in [6.45, 7) is 3.73. The zero-order chi connectivity index (χ0) is 14.5. The van der Waals surface area contributed by atoms with Crippen molar-refractivity contribution in [3.63, 3.8) is 0 Å². The minimum atomic E-state index is -0.0535. The van der Waals surface area contributed by atoms with Crippen LogP contribution in [0.3, 0.4) is 0 Å². The molecule has 1 heterocycles. The van der Waals surface area contributed by atoms with E-state index in [0.717, 1.165) is 17.0 Å². The predicted molar refractivity (Wildman–Crippen MR) is 76.3 cm³/mol. The lowest BCUT2D eigenvalue weighted by molar-refractivity contribution is 0.101. The Morgan fingerprint density at radius 1 is 1.15 bits per heavy atom. The summed E-state index contributed by atoms with van der Waals surface area (Å²) in [4.78, 5) is 15.8. The molecule has 2 rings (SSSR count). The Balaban J connectivity index is 2.13. The van der Waals surface area contributed by atoms with Crippen LogP contribution in [0.2, 0.25) is 0 Å². The van der Waals surface area contributed by atoms with Crippen molar-refractivity contribution in [3.05, 3.63) is 53.2 Å². The van der Waals surface area contributed by atoms with Gasteiger partial charge in [-0.05, 0) is 43.7 Å². The van der Waals surface area contributed by atoms with E-state index < -0.39 is 0 Å². The lowest BCUT2D eigenvalue weighted by atomic mass is 10.2. The third-order valence-electron chi connectivity index (χ3n) is 2.91. The molecule has 0 radical (unpaired) electrons. The van der Waals surface area contributed by atoms with Crippen molar-refractivity contribution in [3.8, 4) is 11.6 Å². The minimum Gasteiger partial charge on any atom is -0.497 e. The van der Waals surface area contributed by atoms with Crippen molar-refractivity contribution in [2.75, 3.05) is 7.11 Å². The summed E-state index contributed by atoms with van der Waals surface area (Å²) in [5.41, 5.74) is 2.31. The van der Waals surface area contributed by atoms with E-state index in [1.54, 1.807) is 19.2 Å². The molecule has 0 aliphatic rings. The zero-order valence-electron chi connectivity index (χ0n) is 11.8. The van der Waals surface area contributed by atoms with Gasteiger partial charge in [0, 0.05) is 5.69 Å². The maximum atomic E-state index is 11.5. The number of pyridine rings is 1. The molecule has 0 amide bonds. The first-order valence-electron chi connectivity index (χ1n) is 6.34. The van der Waals surface area contributed by atoms with Crippen LogP contribution in [0.25, 0.3) is 0 Å². The number of carbonyl (C=O) groups excluding carboxylic acids is 1. The molecule has 4 nitrogen and oxygen atoms in total. The molecule has 0 spiro atoms. The van der Waals surface area contributed by atoms with Gasteiger partial charge in [0.1, 0.15) is 12.4 Å². The first-order chi connectivity index (χ1) is 9.60. The average Bonchev–Trinajstić information content (AvgIpc) is 2.45. The number of benzene rings is 1. The van der Waals surface area contributed by atoms with E-state index in [2.05, 4.69) is 4.98 Å². The van der Waals surface area contributed by atoms with Crippen LogP contribution in [0.5, 0.6) is 11.6 Å². The summed E-state index contributed by atoms with van der Waals surface area (Å²) in [5, 5.41) is 0. The second kappa shape index (κ2) is 6.19. The predicted octanol–water partition coefficient (Wildman–Crippen LogP) is 3.18. The number of carbonyl (C=O) groups is 1. The van der Waals surface area contributed by atoms with E-state index in [0.29, 0.717) is 18.1 Å². The van der Waals surface area contributed by atoms with E-state index in [-0.39, 0.29) is 5.78 Å². The van der Waals surface area contributed by atoms with E-state index >= 15 is 0 Å². The maximum Gasteiger partial charge on any atom is 0.224 e. The van der Waals surface area contributed by atoms with Gasteiger partial charge in [-0.25, -0.2) is 4.98 Å². The fourth-order valence-electron chi connectivity index (χ4n) is 1.78. The van der Waals surface area contributed by atoms with Crippen LogP contribution in [0.1, 0.15) is 28.5 Å². The van der Waals surface area contributed by atoms with Gasteiger partial charge in [-0.1, -0.05) is 12.1 Å². The lowest BCUT2D eigenvalue weighted by Crippen LogP contribution is -2.04. The maximum absolute atomic E-state index is 11.5. The van der Waals surface area contributed by atoms with Crippen LogP contribution >= 0.6 is 0 Å². The number of aryl methyl sites for hydroxylation is 1. The fraction of sp³-hybridized carbons (Fsp3) is 0.250. The van der Waals surface area contributed by atoms with E-state index in [9.17, 15) is 4.79 Å². The van der Waals surface area contributed by atoms with Crippen molar-refractivity contribution < 1.29 is 14.3 Å².